The zero-order valence-electron chi connectivity index (χ0n) is 19.0. The van der Waals surface area contributed by atoms with Gasteiger partial charge in [-0.2, -0.15) is 13.5 Å². The van der Waals surface area contributed by atoms with Crippen LogP contribution in [0.2, 0.25) is 0 Å². The maximum absolute atomic E-state index is 13.4. The third kappa shape index (κ3) is 4.32. The number of carbonyl (C=O) groups excluding carboxylic acids is 1. The average molecular weight is 475 g/mol. The molecule has 10 nitrogen and oxygen atoms in total. The number of ether oxygens (including phenoxy) is 1. The predicted octanol–water partition coefficient (Wildman–Crippen LogP) is 1.56. The number of anilines is 2. The fraction of sp³-hybridized carbons (Fsp3) is 0.545. The molecule has 2 heterocycles. The van der Waals surface area contributed by atoms with Gasteiger partial charge in [-0.1, -0.05) is 6.07 Å². The first-order valence-corrected chi connectivity index (χ1v) is 12.8. The van der Waals surface area contributed by atoms with Gasteiger partial charge in [-0.25, -0.2) is 13.8 Å². The molecule has 3 aliphatic rings. The molecular formula is C22H30N6O4S. The Morgan fingerprint density at radius 2 is 1.85 bits per heavy atom. The number of benzene rings is 1. The number of hydrogen-bond donors (Lipinski definition) is 2. The number of likely N-dealkylation sites (N-methyl/N-ethyl adjacent to an activating group) is 1. The van der Waals surface area contributed by atoms with E-state index in [1.807, 2.05) is 11.9 Å². The number of rotatable bonds is 5. The molecule has 1 aromatic heterocycles. The lowest BCUT2D eigenvalue weighted by Gasteiger charge is -2.37. The van der Waals surface area contributed by atoms with Gasteiger partial charge in [0.1, 0.15) is 0 Å². The van der Waals surface area contributed by atoms with Crippen LogP contribution in [0.5, 0.6) is 0 Å². The monoisotopic (exact) mass is 474 g/mol. The first-order valence-electron chi connectivity index (χ1n) is 11.4. The Hall–Kier alpha value is -2.63. The van der Waals surface area contributed by atoms with Crippen molar-refractivity contribution in [2.24, 2.45) is 7.05 Å². The summed E-state index contributed by atoms with van der Waals surface area (Å²) in [5, 5.41) is 7.00. The molecule has 0 spiro atoms. The van der Waals surface area contributed by atoms with E-state index < -0.39 is 22.5 Å². The smallest absolute Gasteiger partial charge is 0.334 e. The molecule has 0 radical (unpaired) electrons. The molecule has 2 aliphatic carbocycles. The SMILES string of the molecule is CN1CCOC(N(c2cnn(C)c2)S(=O)(=O)NC(=O)Nc2c3c(cc4c2CCC4)CCC3)C1. The molecule has 1 saturated heterocycles. The second kappa shape index (κ2) is 8.62. The summed E-state index contributed by atoms with van der Waals surface area (Å²) in [6, 6.07) is 1.51. The highest BCUT2D eigenvalue weighted by Gasteiger charge is 2.36. The molecule has 33 heavy (non-hydrogen) atoms. The van der Waals surface area contributed by atoms with Crippen molar-refractivity contribution in [1.29, 1.82) is 0 Å². The van der Waals surface area contributed by atoms with Gasteiger partial charge in [0.25, 0.3) is 0 Å². The van der Waals surface area contributed by atoms with Crippen LogP contribution in [-0.2, 0) is 47.7 Å². The highest BCUT2D eigenvalue weighted by atomic mass is 32.2. The maximum Gasteiger partial charge on any atom is 0.334 e. The van der Waals surface area contributed by atoms with E-state index in [0.29, 0.717) is 25.4 Å². The minimum atomic E-state index is -4.27. The lowest BCUT2D eigenvalue weighted by molar-refractivity contribution is -0.0122. The van der Waals surface area contributed by atoms with E-state index in [9.17, 15) is 13.2 Å². The highest BCUT2D eigenvalue weighted by molar-refractivity contribution is 7.91. The fourth-order valence-electron chi connectivity index (χ4n) is 5.15. The van der Waals surface area contributed by atoms with Gasteiger partial charge in [0.15, 0.2) is 6.23 Å². The van der Waals surface area contributed by atoms with Crippen molar-refractivity contribution in [2.45, 2.75) is 44.8 Å². The summed E-state index contributed by atoms with van der Waals surface area (Å²) in [7, 11) is -0.656. The Bertz CT molecular complexity index is 1150. The summed E-state index contributed by atoms with van der Waals surface area (Å²) in [5.74, 6) is 0. The first kappa shape index (κ1) is 22.2. The van der Waals surface area contributed by atoms with E-state index in [1.165, 1.54) is 22.0 Å². The van der Waals surface area contributed by atoms with Crippen molar-refractivity contribution >= 4 is 27.6 Å². The van der Waals surface area contributed by atoms with Gasteiger partial charge in [-0.3, -0.25) is 9.58 Å². The Morgan fingerprint density at radius 3 is 2.45 bits per heavy atom. The Balaban J connectivity index is 1.41. The average Bonchev–Trinajstić information content (AvgIpc) is 3.48. The van der Waals surface area contributed by atoms with E-state index in [2.05, 4.69) is 21.2 Å². The number of amides is 2. The minimum absolute atomic E-state index is 0.333. The van der Waals surface area contributed by atoms with Crippen LogP contribution in [0.3, 0.4) is 0 Å². The van der Waals surface area contributed by atoms with Gasteiger partial charge in [0.2, 0.25) is 0 Å². The zero-order valence-corrected chi connectivity index (χ0v) is 19.8. The number of nitrogens with zero attached hydrogens (tertiary/aromatic N) is 4. The van der Waals surface area contributed by atoms with Crippen molar-refractivity contribution < 1.29 is 17.9 Å². The number of urea groups is 1. The number of fused-ring (bicyclic) bond motifs is 2. The molecule has 1 aliphatic heterocycles. The molecule has 2 N–H and O–H groups in total. The molecule has 2 amide bonds. The van der Waals surface area contributed by atoms with E-state index in [-0.39, 0.29) is 0 Å². The fourth-order valence-corrected chi connectivity index (χ4v) is 6.34. The van der Waals surface area contributed by atoms with Crippen molar-refractivity contribution in [3.8, 4) is 0 Å². The Kier molecular flexibility index (Phi) is 5.79. The largest absolute Gasteiger partial charge is 0.355 e. The van der Waals surface area contributed by atoms with Crippen LogP contribution < -0.4 is 14.3 Å². The number of aryl methyl sites for hydroxylation is 3. The summed E-state index contributed by atoms with van der Waals surface area (Å²) < 4.78 is 37.5. The molecule has 1 unspecified atom stereocenters. The van der Waals surface area contributed by atoms with Gasteiger partial charge in [0.05, 0.1) is 18.5 Å². The van der Waals surface area contributed by atoms with E-state index >= 15 is 0 Å². The molecule has 0 saturated carbocycles. The second-order valence-corrected chi connectivity index (χ2v) is 10.6. The van der Waals surface area contributed by atoms with Crippen molar-refractivity contribution in [2.75, 3.05) is 36.4 Å². The molecule has 5 rings (SSSR count). The minimum Gasteiger partial charge on any atom is -0.355 e. The molecule has 1 aromatic carbocycles. The van der Waals surface area contributed by atoms with Gasteiger partial charge in [-0.15, -0.1) is 0 Å². The van der Waals surface area contributed by atoms with Crippen molar-refractivity contribution in [3.05, 3.63) is 40.7 Å². The molecule has 0 bridgehead atoms. The predicted molar refractivity (Wildman–Crippen MR) is 124 cm³/mol. The van der Waals surface area contributed by atoms with Gasteiger partial charge in [-0.05, 0) is 67.8 Å². The summed E-state index contributed by atoms with van der Waals surface area (Å²) in [6.45, 7) is 1.47. The molecule has 1 atom stereocenters. The molecule has 2 aromatic rings. The van der Waals surface area contributed by atoms with Crippen molar-refractivity contribution in [3.63, 3.8) is 0 Å². The molecular weight excluding hydrogens is 444 g/mol. The van der Waals surface area contributed by atoms with Crippen LogP contribution in [-0.4, -0.2) is 62.1 Å². The number of carbonyl (C=O) groups is 1. The summed E-state index contributed by atoms with van der Waals surface area (Å²) in [4.78, 5) is 15.0. The third-order valence-electron chi connectivity index (χ3n) is 6.65. The summed E-state index contributed by atoms with van der Waals surface area (Å²) in [6.07, 6.45) is 8.16. The normalized spacial score (nSPS) is 20.4. The number of hydrogen-bond acceptors (Lipinski definition) is 6. The topological polar surface area (TPSA) is 109 Å². The lowest BCUT2D eigenvalue weighted by atomic mass is 9.99. The molecule has 11 heteroatoms. The van der Waals surface area contributed by atoms with Crippen LogP contribution in [0.1, 0.15) is 35.1 Å². The summed E-state index contributed by atoms with van der Waals surface area (Å²) in [5.41, 5.74) is 5.95. The van der Waals surface area contributed by atoms with E-state index in [4.69, 9.17) is 4.74 Å². The molecule has 178 valence electrons. The first-order chi connectivity index (χ1) is 15.8. The van der Waals surface area contributed by atoms with Gasteiger partial charge >= 0.3 is 16.2 Å². The van der Waals surface area contributed by atoms with Crippen LogP contribution in [0.25, 0.3) is 0 Å². The number of aromatic nitrogens is 2. The molecule has 1 fully saturated rings. The van der Waals surface area contributed by atoms with Crippen LogP contribution in [0.4, 0.5) is 16.2 Å². The zero-order chi connectivity index (χ0) is 23.2. The lowest BCUT2D eigenvalue weighted by Crippen LogP contribution is -2.56. The highest BCUT2D eigenvalue weighted by Crippen LogP contribution is 2.38. The summed E-state index contributed by atoms with van der Waals surface area (Å²) >= 11 is 0. The van der Waals surface area contributed by atoms with Crippen molar-refractivity contribution in [1.82, 2.24) is 19.4 Å². The number of morpholine rings is 1. The van der Waals surface area contributed by atoms with Gasteiger partial charge in [0, 0.05) is 32.0 Å². The van der Waals surface area contributed by atoms with E-state index in [1.54, 1.807) is 13.2 Å². The van der Waals surface area contributed by atoms with Crippen LogP contribution in [0.15, 0.2) is 18.5 Å². The van der Waals surface area contributed by atoms with E-state index in [0.717, 1.165) is 59.6 Å². The van der Waals surface area contributed by atoms with Crippen LogP contribution >= 0.6 is 0 Å². The Morgan fingerprint density at radius 1 is 1.15 bits per heavy atom. The Labute approximate surface area is 194 Å². The number of nitrogens with one attached hydrogen (secondary N) is 2. The van der Waals surface area contributed by atoms with Crippen LogP contribution in [0, 0.1) is 0 Å². The quantitative estimate of drug-likeness (QED) is 0.681. The maximum atomic E-state index is 13.4. The second-order valence-electron chi connectivity index (χ2n) is 9.05. The van der Waals surface area contributed by atoms with Gasteiger partial charge < -0.3 is 10.1 Å². The standard InChI is InChI=1S/C22H30N6O4S/c1-26-9-10-32-20(14-26)28(17-12-23-27(2)13-17)33(30,31)25-22(29)24-21-18-7-3-5-15(18)11-16-6-4-8-19(16)21/h11-13,20H,3-10,14H2,1-2H3,(H2,24,25,29). The third-order valence-corrected chi connectivity index (χ3v) is 8.06.